The highest BCUT2D eigenvalue weighted by Crippen LogP contribution is 2.38. The zero-order chi connectivity index (χ0) is 11.1. The third-order valence-electron chi connectivity index (χ3n) is 2.33. The Kier molecular flexibility index (Phi) is 2.64. The van der Waals surface area contributed by atoms with Crippen LogP contribution in [0.5, 0.6) is 0 Å². The van der Waals surface area contributed by atoms with Gasteiger partial charge in [-0.3, -0.25) is 4.98 Å². The number of nitrogens with zero attached hydrogens (tertiary/aromatic N) is 2. The molecule has 3 atom stereocenters. The molecule has 4 heteroatoms. The van der Waals surface area contributed by atoms with Crippen molar-refractivity contribution in [3.05, 3.63) is 30.1 Å². The summed E-state index contributed by atoms with van der Waals surface area (Å²) in [5, 5.41) is 0. The van der Waals surface area contributed by atoms with Crippen molar-refractivity contribution >= 4 is 11.0 Å². The van der Waals surface area contributed by atoms with E-state index in [2.05, 4.69) is 4.98 Å². The second-order valence-corrected chi connectivity index (χ2v) is 6.92. The molecular formula is C11H16N2OS. The van der Waals surface area contributed by atoms with Crippen LogP contribution in [0.3, 0.4) is 0 Å². The normalized spacial score (nSPS) is 27.4. The Morgan fingerprint density at radius 1 is 1.47 bits per heavy atom. The molecule has 0 spiro atoms. The minimum atomic E-state index is -0.915. The fourth-order valence-corrected chi connectivity index (χ4v) is 2.79. The summed E-state index contributed by atoms with van der Waals surface area (Å²) in [6.45, 7) is 6.85. The molecule has 0 aromatic carbocycles. The molecule has 0 amide bonds. The minimum absolute atomic E-state index is 0.177. The molecular weight excluding hydrogens is 208 g/mol. The fourth-order valence-electron chi connectivity index (χ4n) is 1.47. The lowest BCUT2D eigenvalue weighted by molar-refractivity contribution is 0.605. The van der Waals surface area contributed by atoms with Crippen LogP contribution in [0.2, 0.25) is 0 Å². The van der Waals surface area contributed by atoms with E-state index in [1.807, 2.05) is 43.3 Å². The van der Waals surface area contributed by atoms with Crippen LogP contribution < -0.4 is 0 Å². The van der Waals surface area contributed by atoms with Crippen LogP contribution in [0.25, 0.3) is 0 Å². The fraction of sp³-hybridized carbons (Fsp3) is 0.545. The Balaban J connectivity index is 2.06. The van der Waals surface area contributed by atoms with E-state index in [1.165, 1.54) is 0 Å². The maximum absolute atomic E-state index is 12.0. The van der Waals surface area contributed by atoms with E-state index in [4.69, 9.17) is 0 Å². The molecule has 15 heavy (non-hydrogen) atoms. The molecule has 82 valence electrons. The highest BCUT2D eigenvalue weighted by atomic mass is 32.2. The van der Waals surface area contributed by atoms with E-state index in [0.717, 1.165) is 12.2 Å². The van der Waals surface area contributed by atoms with Crippen molar-refractivity contribution in [2.75, 3.05) is 6.54 Å². The van der Waals surface area contributed by atoms with E-state index in [9.17, 15) is 4.21 Å². The van der Waals surface area contributed by atoms with Gasteiger partial charge in [0.25, 0.3) is 0 Å². The summed E-state index contributed by atoms with van der Waals surface area (Å²) in [6.07, 6.45) is 1.78. The molecule has 0 radical (unpaired) electrons. The summed E-state index contributed by atoms with van der Waals surface area (Å²) in [7, 11) is -0.915. The van der Waals surface area contributed by atoms with Crippen LogP contribution in [-0.4, -0.2) is 24.8 Å². The zero-order valence-electron chi connectivity index (χ0n) is 9.30. The molecule has 1 aromatic rings. The van der Waals surface area contributed by atoms with Gasteiger partial charge >= 0.3 is 0 Å². The predicted molar refractivity (Wildman–Crippen MR) is 61.6 cm³/mol. The molecule has 1 fully saturated rings. The van der Waals surface area contributed by atoms with Crippen molar-refractivity contribution < 1.29 is 4.21 Å². The first kappa shape index (κ1) is 10.8. The van der Waals surface area contributed by atoms with Gasteiger partial charge in [0.2, 0.25) is 0 Å². The van der Waals surface area contributed by atoms with Crippen molar-refractivity contribution in [2.45, 2.75) is 31.6 Å². The number of hydrogen-bond acceptors (Lipinski definition) is 2. The van der Waals surface area contributed by atoms with Gasteiger partial charge in [-0.05, 0) is 32.9 Å². The van der Waals surface area contributed by atoms with Crippen molar-refractivity contribution in [1.82, 2.24) is 9.29 Å². The summed E-state index contributed by atoms with van der Waals surface area (Å²) in [5.41, 5.74) is 1.02. The number of rotatable bonds is 2. The smallest absolute Gasteiger partial charge is 0.100 e. The Morgan fingerprint density at radius 3 is 2.73 bits per heavy atom. The van der Waals surface area contributed by atoms with Crippen LogP contribution >= 0.6 is 0 Å². The summed E-state index contributed by atoms with van der Waals surface area (Å²) in [6, 6.07) is 6.12. The van der Waals surface area contributed by atoms with Gasteiger partial charge in [0.05, 0.1) is 16.5 Å². The van der Waals surface area contributed by atoms with Gasteiger partial charge < -0.3 is 0 Å². The topological polar surface area (TPSA) is 33.0 Å². The van der Waals surface area contributed by atoms with Crippen LogP contribution in [0, 0.1) is 0 Å². The molecule has 2 rings (SSSR count). The third-order valence-corrected chi connectivity index (χ3v) is 4.21. The standard InChI is InChI=1S/C11H16N2OS/c1-11(2,3)15(14)13-8-10(13)9-6-4-5-7-12-9/h4-7,10H,8H2,1-3H3/t10-,13?,15+/m0/s1. The molecule has 1 saturated heterocycles. The first-order chi connectivity index (χ1) is 7.00. The minimum Gasteiger partial charge on any atom is -0.260 e. The van der Waals surface area contributed by atoms with Gasteiger partial charge in [0.15, 0.2) is 0 Å². The van der Waals surface area contributed by atoms with Gasteiger partial charge in [0.1, 0.15) is 11.0 Å². The lowest BCUT2D eigenvalue weighted by Crippen LogP contribution is -2.27. The van der Waals surface area contributed by atoms with E-state index in [1.54, 1.807) is 6.20 Å². The van der Waals surface area contributed by atoms with Crippen LogP contribution in [-0.2, 0) is 11.0 Å². The average Bonchev–Trinajstić information content (AvgIpc) is 2.96. The van der Waals surface area contributed by atoms with E-state index in [0.29, 0.717) is 0 Å². The summed E-state index contributed by atoms with van der Waals surface area (Å²) in [5.74, 6) is 0. The molecule has 3 nitrogen and oxygen atoms in total. The Labute approximate surface area is 93.1 Å². The van der Waals surface area contributed by atoms with Crippen LogP contribution in [0.4, 0.5) is 0 Å². The maximum Gasteiger partial charge on any atom is 0.100 e. The Morgan fingerprint density at radius 2 is 2.20 bits per heavy atom. The largest absolute Gasteiger partial charge is 0.260 e. The molecule has 1 aliphatic rings. The monoisotopic (exact) mass is 224 g/mol. The van der Waals surface area contributed by atoms with Crippen molar-refractivity contribution in [2.24, 2.45) is 0 Å². The number of aromatic nitrogens is 1. The van der Waals surface area contributed by atoms with E-state index >= 15 is 0 Å². The van der Waals surface area contributed by atoms with Crippen molar-refractivity contribution in [1.29, 1.82) is 0 Å². The Bertz CT molecular complexity index is 372. The summed E-state index contributed by atoms with van der Waals surface area (Å²) < 4.78 is 13.8. The number of hydrogen-bond donors (Lipinski definition) is 0. The second kappa shape index (κ2) is 3.68. The quantitative estimate of drug-likeness (QED) is 0.719. The first-order valence-corrected chi connectivity index (χ1v) is 6.20. The second-order valence-electron chi connectivity index (χ2n) is 4.73. The maximum atomic E-state index is 12.0. The van der Waals surface area contributed by atoms with Gasteiger partial charge in [0, 0.05) is 12.7 Å². The van der Waals surface area contributed by atoms with Crippen LogP contribution in [0.1, 0.15) is 32.5 Å². The van der Waals surface area contributed by atoms with Gasteiger partial charge in [-0.2, -0.15) is 0 Å². The highest BCUT2D eigenvalue weighted by Gasteiger charge is 2.44. The molecule has 0 bridgehead atoms. The Hall–Kier alpha value is -0.740. The summed E-state index contributed by atoms with van der Waals surface area (Å²) in [4.78, 5) is 4.28. The van der Waals surface area contributed by atoms with E-state index in [-0.39, 0.29) is 10.8 Å². The van der Waals surface area contributed by atoms with Gasteiger partial charge in [-0.15, -0.1) is 0 Å². The lowest BCUT2D eigenvalue weighted by atomic mass is 10.3. The SMILES string of the molecule is CC(C)(C)[S@@](=O)N1C[C@H]1c1ccccn1. The molecule has 1 unspecified atom stereocenters. The van der Waals surface area contributed by atoms with Crippen LogP contribution in [0.15, 0.2) is 24.4 Å². The molecule has 0 saturated carbocycles. The van der Waals surface area contributed by atoms with Crippen molar-refractivity contribution in [3.8, 4) is 0 Å². The van der Waals surface area contributed by atoms with E-state index < -0.39 is 11.0 Å². The molecule has 1 aromatic heterocycles. The highest BCUT2D eigenvalue weighted by molar-refractivity contribution is 7.84. The molecule has 0 aliphatic carbocycles. The van der Waals surface area contributed by atoms with Crippen molar-refractivity contribution in [3.63, 3.8) is 0 Å². The van der Waals surface area contributed by atoms with Gasteiger partial charge in [-0.1, -0.05) is 6.07 Å². The average molecular weight is 224 g/mol. The molecule has 1 aliphatic heterocycles. The lowest BCUT2D eigenvalue weighted by Gasteiger charge is -2.18. The predicted octanol–water partition coefficient (Wildman–Crippen LogP) is 1.90. The molecule has 0 N–H and O–H groups in total. The summed E-state index contributed by atoms with van der Waals surface area (Å²) >= 11 is 0. The number of pyridine rings is 1. The van der Waals surface area contributed by atoms with Gasteiger partial charge in [-0.25, -0.2) is 8.51 Å². The molecule has 2 heterocycles. The third kappa shape index (κ3) is 2.26. The zero-order valence-corrected chi connectivity index (χ0v) is 10.1. The first-order valence-electron chi connectivity index (χ1n) is 5.10.